The van der Waals surface area contributed by atoms with Crippen LogP contribution in [0.2, 0.25) is 0 Å². The van der Waals surface area contributed by atoms with E-state index < -0.39 is 17.9 Å². The zero-order valence-corrected chi connectivity index (χ0v) is 11.0. The number of amides is 2. The van der Waals surface area contributed by atoms with Crippen molar-refractivity contribution in [3.05, 3.63) is 24.3 Å². The summed E-state index contributed by atoms with van der Waals surface area (Å²) in [5.74, 6) is -0.873. The average Bonchev–Trinajstić information content (AvgIpc) is 2.45. The minimum atomic E-state index is -0.767. The summed E-state index contributed by atoms with van der Waals surface area (Å²) in [6, 6.07) is 6.21. The van der Waals surface area contributed by atoms with Gasteiger partial charge in [0.1, 0.15) is 5.75 Å². The number of carbonyl (C=O) groups excluding carboxylic acids is 2. The first kappa shape index (κ1) is 15.0. The second kappa shape index (κ2) is 7.38. The Morgan fingerprint density at radius 1 is 1.26 bits per heavy atom. The molecule has 104 valence electrons. The third-order valence-corrected chi connectivity index (χ3v) is 2.60. The molecule has 1 atom stereocenters. The molecule has 1 aromatic rings. The van der Waals surface area contributed by atoms with Crippen molar-refractivity contribution in [2.24, 2.45) is 0 Å². The summed E-state index contributed by atoms with van der Waals surface area (Å²) >= 11 is 0. The van der Waals surface area contributed by atoms with Crippen molar-refractivity contribution < 1.29 is 19.4 Å². The van der Waals surface area contributed by atoms with Crippen molar-refractivity contribution in [2.45, 2.75) is 19.4 Å². The summed E-state index contributed by atoms with van der Waals surface area (Å²) in [5, 5.41) is 13.8. The highest BCUT2D eigenvalue weighted by molar-refractivity contribution is 6.39. The molecular weight excluding hydrogens is 248 g/mol. The van der Waals surface area contributed by atoms with Gasteiger partial charge < -0.3 is 20.5 Å². The molecule has 0 aliphatic rings. The average molecular weight is 266 g/mol. The van der Waals surface area contributed by atoms with Crippen molar-refractivity contribution in [1.29, 1.82) is 0 Å². The molecule has 0 spiro atoms. The van der Waals surface area contributed by atoms with E-state index in [4.69, 9.17) is 9.84 Å². The van der Waals surface area contributed by atoms with Crippen LogP contribution in [0.4, 0.5) is 5.69 Å². The van der Waals surface area contributed by atoms with E-state index in [1.807, 2.05) is 6.92 Å². The fourth-order valence-corrected chi connectivity index (χ4v) is 1.39. The van der Waals surface area contributed by atoms with Gasteiger partial charge in [0.05, 0.1) is 19.8 Å². The minimum absolute atomic E-state index is 0.196. The summed E-state index contributed by atoms with van der Waals surface area (Å²) in [7, 11) is 1.54. The van der Waals surface area contributed by atoms with Crippen molar-refractivity contribution in [1.82, 2.24) is 5.32 Å². The van der Waals surface area contributed by atoms with Gasteiger partial charge in [0.25, 0.3) is 0 Å². The number of methoxy groups -OCH3 is 1. The molecular formula is C13H18N2O4. The van der Waals surface area contributed by atoms with Crippen molar-refractivity contribution in [2.75, 3.05) is 19.0 Å². The Labute approximate surface area is 111 Å². The molecule has 0 aliphatic carbocycles. The van der Waals surface area contributed by atoms with Crippen LogP contribution in [0.15, 0.2) is 24.3 Å². The molecule has 2 amide bonds. The fraction of sp³-hybridized carbons (Fsp3) is 0.385. The Morgan fingerprint density at radius 3 is 2.37 bits per heavy atom. The molecule has 0 aliphatic heterocycles. The zero-order chi connectivity index (χ0) is 14.3. The maximum absolute atomic E-state index is 11.6. The van der Waals surface area contributed by atoms with Crippen molar-refractivity contribution in [3.8, 4) is 5.75 Å². The maximum atomic E-state index is 11.6. The van der Waals surface area contributed by atoms with Crippen LogP contribution >= 0.6 is 0 Å². The van der Waals surface area contributed by atoms with E-state index in [2.05, 4.69) is 10.6 Å². The number of carbonyl (C=O) groups is 2. The molecule has 0 aromatic heterocycles. The molecule has 0 saturated heterocycles. The van der Waals surface area contributed by atoms with Gasteiger partial charge in [-0.1, -0.05) is 6.92 Å². The number of rotatable bonds is 5. The van der Waals surface area contributed by atoms with Gasteiger partial charge in [-0.3, -0.25) is 9.59 Å². The number of aliphatic hydroxyl groups is 1. The topological polar surface area (TPSA) is 87.7 Å². The smallest absolute Gasteiger partial charge is 0.313 e. The summed E-state index contributed by atoms with van der Waals surface area (Å²) in [6.07, 6.45) is 0.554. The zero-order valence-electron chi connectivity index (χ0n) is 11.0. The number of aliphatic hydroxyl groups excluding tert-OH is 1. The maximum Gasteiger partial charge on any atom is 0.313 e. The van der Waals surface area contributed by atoms with Crippen LogP contribution in [0.3, 0.4) is 0 Å². The summed E-state index contributed by atoms with van der Waals surface area (Å²) < 4.78 is 4.98. The first-order valence-corrected chi connectivity index (χ1v) is 5.97. The normalized spacial score (nSPS) is 11.5. The van der Waals surface area contributed by atoms with Crippen molar-refractivity contribution >= 4 is 17.5 Å². The Bertz CT molecular complexity index is 427. The summed E-state index contributed by atoms with van der Waals surface area (Å²) in [4.78, 5) is 23.1. The molecule has 6 nitrogen and oxygen atoms in total. The van der Waals surface area contributed by atoms with Gasteiger partial charge in [0.15, 0.2) is 0 Å². The van der Waals surface area contributed by atoms with Crippen LogP contribution in [0.25, 0.3) is 0 Å². The van der Waals surface area contributed by atoms with E-state index in [1.165, 1.54) is 0 Å². The molecule has 0 heterocycles. The molecule has 1 rings (SSSR count). The number of nitrogens with one attached hydrogen (secondary N) is 2. The molecule has 6 heteroatoms. The molecule has 0 fully saturated rings. The van der Waals surface area contributed by atoms with E-state index >= 15 is 0 Å². The van der Waals surface area contributed by atoms with E-state index in [9.17, 15) is 9.59 Å². The van der Waals surface area contributed by atoms with Gasteiger partial charge >= 0.3 is 11.8 Å². The van der Waals surface area contributed by atoms with Crippen LogP contribution in [0.5, 0.6) is 5.75 Å². The van der Waals surface area contributed by atoms with E-state index in [-0.39, 0.29) is 6.61 Å². The number of anilines is 1. The largest absolute Gasteiger partial charge is 0.497 e. The number of hydrogen-bond acceptors (Lipinski definition) is 4. The monoisotopic (exact) mass is 266 g/mol. The number of benzene rings is 1. The SMILES string of the molecule is CC[C@H](CO)NC(=O)C(=O)Nc1ccc(OC)cc1. The Hall–Kier alpha value is -2.08. The molecule has 0 bridgehead atoms. The van der Waals surface area contributed by atoms with Gasteiger partial charge in [0, 0.05) is 5.69 Å². The van der Waals surface area contributed by atoms with Gasteiger partial charge in [-0.2, -0.15) is 0 Å². The first-order valence-electron chi connectivity index (χ1n) is 5.97. The standard InChI is InChI=1S/C13H18N2O4/c1-3-9(8-16)14-12(17)13(18)15-10-4-6-11(19-2)7-5-10/h4-7,9,16H,3,8H2,1-2H3,(H,14,17)(H,15,18)/t9-/m1/s1. The fourth-order valence-electron chi connectivity index (χ4n) is 1.39. The van der Waals surface area contributed by atoms with Crippen LogP contribution in [-0.4, -0.2) is 36.7 Å². The number of ether oxygens (including phenoxy) is 1. The van der Waals surface area contributed by atoms with Crippen LogP contribution in [-0.2, 0) is 9.59 Å². The van der Waals surface area contributed by atoms with Crippen molar-refractivity contribution in [3.63, 3.8) is 0 Å². The highest BCUT2D eigenvalue weighted by Gasteiger charge is 2.17. The first-order chi connectivity index (χ1) is 9.10. The van der Waals surface area contributed by atoms with Crippen LogP contribution in [0, 0.1) is 0 Å². The number of hydrogen-bond donors (Lipinski definition) is 3. The Kier molecular flexibility index (Phi) is 5.81. The third kappa shape index (κ3) is 4.59. The van der Waals surface area contributed by atoms with Crippen LogP contribution < -0.4 is 15.4 Å². The summed E-state index contributed by atoms with van der Waals surface area (Å²) in [6.45, 7) is 1.61. The van der Waals surface area contributed by atoms with Gasteiger partial charge in [-0.25, -0.2) is 0 Å². The van der Waals surface area contributed by atoms with E-state index in [1.54, 1.807) is 31.4 Å². The van der Waals surface area contributed by atoms with E-state index in [0.29, 0.717) is 17.9 Å². The van der Waals surface area contributed by atoms with Gasteiger partial charge in [-0.15, -0.1) is 0 Å². The Balaban J connectivity index is 2.55. The molecule has 0 radical (unpaired) electrons. The van der Waals surface area contributed by atoms with Crippen LogP contribution in [0.1, 0.15) is 13.3 Å². The lowest BCUT2D eigenvalue weighted by Crippen LogP contribution is -2.43. The van der Waals surface area contributed by atoms with Gasteiger partial charge in [-0.05, 0) is 30.7 Å². The lowest BCUT2D eigenvalue weighted by atomic mass is 10.2. The Morgan fingerprint density at radius 2 is 1.89 bits per heavy atom. The second-order valence-electron chi connectivity index (χ2n) is 3.94. The van der Waals surface area contributed by atoms with E-state index in [0.717, 1.165) is 0 Å². The van der Waals surface area contributed by atoms with Gasteiger partial charge in [0.2, 0.25) is 0 Å². The second-order valence-corrected chi connectivity index (χ2v) is 3.94. The molecule has 0 saturated carbocycles. The molecule has 3 N–H and O–H groups in total. The molecule has 0 unspecified atom stereocenters. The highest BCUT2D eigenvalue weighted by atomic mass is 16.5. The quantitative estimate of drug-likeness (QED) is 0.678. The predicted octanol–water partition coefficient (Wildman–Crippen LogP) is 0.521. The summed E-state index contributed by atoms with van der Waals surface area (Å²) in [5.41, 5.74) is 0.498. The highest BCUT2D eigenvalue weighted by Crippen LogP contribution is 2.14. The third-order valence-electron chi connectivity index (χ3n) is 2.60. The predicted molar refractivity (Wildman–Crippen MR) is 70.9 cm³/mol. The molecule has 19 heavy (non-hydrogen) atoms. The molecule has 1 aromatic carbocycles. The lowest BCUT2D eigenvalue weighted by Gasteiger charge is -2.13. The lowest BCUT2D eigenvalue weighted by molar-refractivity contribution is -0.136. The minimum Gasteiger partial charge on any atom is -0.497 e.